The van der Waals surface area contributed by atoms with Gasteiger partial charge >= 0.3 is 6.03 Å². The number of rotatable bonds is 4. The van der Waals surface area contributed by atoms with Crippen molar-refractivity contribution in [2.75, 3.05) is 26.0 Å². The Labute approximate surface area is 127 Å². The van der Waals surface area contributed by atoms with Crippen LogP contribution in [0.3, 0.4) is 0 Å². The van der Waals surface area contributed by atoms with Crippen LogP contribution in [-0.4, -0.2) is 42.1 Å². The van der Waals surface area contributed by atoms with E-state index in [0.717, 1.165) is 12.8 Å². The van der Waals surface area contributed by atoms with E-state index in [1.807, 2.05) is 6.07 Å². The number of urea groups is 1. The third-order valence-corrected chi connectivity index (χ3v) is 4.51. The van der Waals surface area contributed by atoms with Crippen LogP contribution >= 0.6 is 0 Å². The van der Waals surface area contributed by atoms with Crippen LogP contribution in [0.4, 0.5) is 10.5 Å². The number of carbonyl (C=O) groups excluding carboxylic acids is 1. The van der Waals surface area contributed by atoms with E-state index >= 15 is 0 Å². The number of likely N-dealkylation sites (N-methyl/N-ethyl adjacent to an activating group) is 1. The minimum absolute atomic E-state index is 0.0734. The number of nitrogens with one attached hydrogen (secondary N) is 2. The molecule has 1 aromatic heterocycles. The van der Waals surface area contributed by atoms with Crippen molar-refractivity contribution in [1.82, 2.24) is 15.2 Å². The summed E-state index contributed by atoms with van der Waals surface area (Å²) in [6.45, 7) is 2.98. The number of carbonyl (C=O) groups is 1. The Bertz CT molecular complexity index is 463. The van der Waals surface area contributed by atoms with Crippen molar-refractivity contribution in [3.8, 4) is 0 Å². The van der Waals surface area contributed by atoms with Gasteiger partial charge in [0.1, 0.15) is 0 Å². The van der Waals surface area contributed by atoms with Crippen molar-refractivity contribution >= 4 is 11.7 Å². The fraction of sp³-hybridized carbons (Fsp3) is 0.625. The van der Waals surface area contributed by atoms with E-state index in [-0.39, 0.29) is 11.6 Å². The molecule has 1 aromatic rings. The predicted octanol–water partition coefficient (Wildman–Crippen LogP) is 2.71. The second-order valence-corrected chi connectivity index (χ2v) is 6.37. The van der Waals surface area contributed by atoms with E-state index in [9.17, 15) is 4.79 Å². The fourth-order valence-electron chi connectivity index (χ4n) is 3.21. The molecule has 1 saturated carbocycles. The van der Waals surface area contributed by atoms with Gasteiger partial charge in [-0.15, -0.1) is 0 Å². The molecular weight excluding hydrogens is 264 g/mol. The van der Waals surface area contributed by atoms with Gasteiger partial charge in [-0.25, -0.2) is 4.79 Å². The summed E-state index contributed by atoms with van der Waals surface area (Å²) in [5, 5.41) is 5.84. The summed E-state index contributed by atoms with van der Waals surface area (Å²) < 4.78 is 0. The van der Waals surface area contributed by atoms with Crippen LogP contribution in [-0.2, 0) is 0 Å². The van der Waals surface area contributed by atoms with E-state index in [1.165, 1.54) is 12.8 Å². The number of aromatic nitrogens is 1. The van der Waals surface area contributed by atoms with Crippen LogP contribution in [0.15, 0.2) is 24.5 Å². The molecule has 2 rings (SSSR count). The summed E-state index contributed by atoms with van der Waals surface area (Å²) >= 11 is 0. The average Bonchev–Trinajstić information content (AvgIpc) is 2.46. The largest absolute Gasteiger partial charge is 0.336 e. The first kappa shape index (κ1) is 15.8. The lowest BCUT2D eigenvalue weighted by molar-refractivity contribution is 0.0779. The third-order valence-electron chi connectivity index (χ3n) is 4.51. The minimum atomic E-state index is -0.164. The van der Waals surface area contributed by atoms with Crippen LogP contribution in [0.25, 0.3) is 0 Å². The van der Waals surface area contributed by atoms with Crippen LogP contribution in [0.2, 0.25) is 0 Å². The molecule has 0 bridgehead atoms. The minimum Gasteiger partial charge on any atom is -0.336 e. The molecule has 21 heavy (non-hydrogen) atoms. The van der Waals surface area contributed by atoms with Crippen molar-refractivity contribution in [2.45, 2.75) is 38.1 Å². The highest BCUT2D eigenvalue weighted by Gasteiger charge is 2.37. The summed E-state index contributed by atoms with van der Waals surface area (Å²) in [7, 11) is 4.22. The molecule has 5 nitrogen and oxygen atoms in total. The van der Waals surface area contributed by atoms with Crippen LogP contribution < -0.4 is 10.6 Å². The zero-order valence-electron chi connectivity index (χ0n) is 13.2. The second kappa shape index (κ2) is 6.89. The molecule has 1 heterocycles. The molecule has 1 fully saturated rings. The molecule has 0 saturated heterocycles. The Kier molecular flexibility index (Phi) is 5.17. The van der Waals surface area contributed by atoms with E-state index in [2.05, 4.69) is 41.5 Å². The number of hydrogen-bond donors (Lipinski definition) is 2. The summed E-state index contributed by atoms with van der Waals surface area (Å²) in [6.07, 6.45) is 8.12. The van der Waals surface area contributed by atoms with Gasteiger partial charge in [0.05, 0.1) is 11.9 Å². The molecule has 1 aliphatic rings. The normalized spacial score (nSPS) is 25.6. The highest BCUT2D eigenvalue weighted by Crippen LogP contribution is 2.35. The van der Waals surface area contributed by atoms with Gasteiger partial charge in [0.15, 0.2) is 0 Å². The summed E-state index contributed by atoms with van der Waals surface area (Å²) in [5.74, 6) is 0.712. The second-order valence-electron chi connectivity index (χ2n) is 6.37. The van der Waals surface area contributed by atoms with E-state index in [0.29, 0.717) is 18.2 Å². The molecule has 2 N–H and O–H groups in total. The maximum absolute atomic E-state index is 12.0. The van der Waals surface area contributed by atoms with Gasteiger partial charge in [-0.2, -0.15) is 0 Å². The predicted molar refractivity (Wildman–Crippen MR) is 85.3 cm³/mol. The first-order valence-electron chi connectivity index (χ1n) is 7.64. The first-order chi connectivity index (χ1) is 10.0. The Hall–Kier alpha value is -1.62. The third kappa shape index (κ3) is 4.17. The SMILES string of the molecule is CC1CCCC(CNC(=O)Nc2cccnc2)(N(C)C)C1. The van der Waals surface area contributed by atoms with Crippen LogP contribution in [0.1, 0.15) is 32.6 Å². The Morgan fingerprint density at radius 3 is 2.95 bits per heavy atom. The van der Waals surface area contributed by atoms with Gasteiger partial charge in [0.2, 0.25) is 0 Å². The fourth-order valence-corrected chi connectivity index (χ4v) is 3.21. The van der Waals surface area contributed by atoms with Crippen molar-refractivity contribution in [3.05, 3.63) is 24.5 Å². The van der Waals surface area contributed by atoms with Crippen molar-refractivity contribution < 1.29 is 4.79 Å². The smallest absolute Gasteiger partial charge is 0.319 e. The zero-order chi connectivity index (χ0) is 15.3. The van der Waals surface area contributed by atoms with E-state index in [1.54, 1.807) is 18.5 Å². The van der Waals surface area contributed by atoms with Crippen LogP contribution in [0.5, 0.6) is 0 Å². The maximum atomic E-state index is 12.0. The monoisotopic (exact) mass is 290 g/mol. The van der Waals surface area contributed by atoms with Gasteiger partial charge < -0.3 is 15.5 Å². The Morgan fingerprint density at radius 2 is 2.33 bits per heavy atom. The number of nitrogens with zero attached hydrogens (tertiary/aromatic N) is 2. The van der Waals surface area contributed by atoms with Crippen molar-refractivity contribution in [1.29, 1.82) is 0 Å². The van der Waals surface area contributed by atoms with Gasteiger partial charge in [-0.3, -0.25) is 4.98 Å². The summed E-state index contributed by atoms with van der Waals surface area (Å²) in [5.41, 5.74) is 0.787. The number of anilines is 1. The molecule has 0 aliphatic heterocycles. The zero-order valence-corrected chi connectivity index (χ0v) is 13.2. The number of amides is 2. The highest BCUT2D eigenvalue weighted by molar-refractivity contribution is 5.89. The Morgan fingerprint density at radius 1 is 1.52 bits per heavy atom. The summed E-state index contributed by atoms with van der Waals surface area (Å²) in [6, 6.07) is 3.47. The molecule has 116 valence electrons. The van der Waals surface area contributed by atoms with Gasteiger partial charge in [0.25, 0.3) is 0 Å². The summed E-state index contributed by atoms with van der Waals surface area (Å²) in [4.78, 5) is 18.3. The maximum Gasteiger partial charge on any atom is 0.319 e. The quantitative estimate of drug-likeness (QED) is 0.896. The molecule has 5 heteroatoms. The van der Waals surface area contributed by atoms with Crippen molar-refractivity contribution in [3.63, 3.8) is 0 Å². The molecule has 0 spiro atoms. The van der Waals surface area contributed by atoms with Crippen molar-refractivity contribution in [2.24, 2.45) is 5.92 Å². The standard InChI is InChI=1S/C16H26N4O/c1-13-6-4-8-16(10-13,20(2)3)12-18-15(21)19-14-7-5-9-17-11-14/h5,7,9,11,13H,4,6,8,10,12H2,1-3H3,(H2,18,19,21). The van der Waals surface area contributed by atoms with Crippen LogP contribution in [0, 0.1) is 5.92 Å². The lowest BCUT2D eigenvalue weighted by atomic mass is 9.75. The Balaban J connectivity index is 1.91. The van der Waals surface area contributed by atoms with Gasteiger partial charge in [0, 0.05) is 18.3 Å². The molecule has 2 atom stereocenters. The molecule has 0 radical (unpaired) electrons. The van der Waals surface area contributed by atoms with E-state index < -0.39 is 0 Å². The molecule has 0 aromatic carbocycles. The highest BCUT2D eigenvalue weighted by atomic mass is 16.2. The van der Waals surface area contributed by atoms with E-state index in [4.69, 9.17) is 0 Å². The molecule has 2 unspecified atom stereocenters. The lowest BCUT2D eigenvalue weighted by Gasteiger charge is -2.45. The molecule has 1 aliphatic carbocycles. The molecule has 2 amide bonds. The van der Waals surface area contributed by atoms with Gasteiger partial charge in [-0.05, 0) is 45.0 Å². The first-order valence-corrected chi connectivity index (χ1v) is 7.64. The topological polar surface area (TPSA) is 57.3 Å². The average molecular weight is 290 g/mol. The van der Waals surface area contributed by atoms with Gasteiger partial charge in [-0.1, -0.05) is 19.8 Å². The molecular formula is C16H26N4O. The lowest BCUT2D eigenvalue weighted by Crippen LogP contribution is -2.55. The number of hydrogen-bond acceptors (Lipinski definition) is 3. The number of pyridine rings is 1.